The van der Waals surface area contributed by atoms with E-state index in [4.69, 9.17) is 18.9 Å². The predicted molar refractivity (Wildman–Crippen MR) is 97.1 cm³/mol. The molecule has 0 aromatic carbocycles. The van der Waals surface area contributed by atoms with E-state index in [1.54, 1.807) is 0 Å². The maximum atomic E-state index is 5.66. The minimum atomic E-state index is 0.0427. The highest BCUT2D eigenvalue weighted by molar-refractivity contribution is 5.07. The Morgan fingerprint density at radius 3 is 1.31 bits per heavy atom. The van der Waals surface area contributed by atoms with Crippen LogP contribution >= 0.6 is 0 Å². The summed E-state index contributed by atoms with van der Waals surface area (Å²) in [4.78, 5) is 5.48. The van der Waals surface area contributed by atoms with Crippen LogP contribution in [0, 0.1) is 5.41 Å². The molecule has 1 saturated carbocycles. The lowest BCUT2D eigenvalue weighted by Gasteiger charge is -2.61. The summed E-state index contributed by atoms with van der Waals surface area (Å²) in [7, 11) is 0. The lowest BCUT2D eigenvalue weighted by molar-refractivity contribution is -0.165. The van der Waals surface area contributed by atoms with Crippen molar-refractivity contribution in [2.24, 2.45) is 5.41 Å². The standard InChI is InChI=1S/C20H34N2O4/c1-19(2)5-3-4-6-20(19,21(7-15-11-23-15)8-16-12-24-16)22(9-17-13-25-17)10-18-14-26-18/h15-18H,3-14H2,1-2H3. The number of ether oxygens (including phenoxy) is 4. The summed E-state index contributed by atoms with van der Waals surface area (Å²) in [5.74, 6) is 0. The van der Waals surface area contributed by atoms with Crippen molar-refractivity contribution < 1.29 is 18.9 Å². The second-order valence-corrected chi connectivity index (χ2v) is 9.54. The number of epoxide rings is 4. The number of nitrogens with zero attached hydrogens (tertiary/aromatic N) is 2. The van der Waals surface area contributed by atoms with Crippen LogP contribution < -0.4 is 0 Å². The first-order valence-corrected chi connectivity index (χ1v) is 10.5. The molecule has 4 aliphatic heterocycles. The van der Waals surface area contributed by atoms with E-state index in [1.807, 2.05) is 0 Å². The summed E-state index contributed by atoms with van der Waals surface area (Å²) in [6, 6.07) is 0. The molecule has 0 aromatic heterocycles. The molecule has 26 heavy (non-hydrogen) atoms. The Hall–Kier alpha value is -0.240. The molecule has 5 aliphatic rings. The van der Waals surface area contributed by atoms with Crippen LogP contribution in [-0.4, -0.2) is 92.5 Å². The molecule has 1 aliphatic carbocycles. The molecule has 0 aromatic rings. The van der Waals surface area contributed by atoms with E-state index in [0.717, 1.165) is 52.6 Å². The minimum absolute atomic E-state index is 0.0427. The minimum Gasteiger partial charge on any atom is -0.372 e. The first-order valence-electron chi connectivity index (χ1n) is 10.5. The Kier molecular flexibility index (Phi) is 4.58. The van der Waals surface area contributed by atoms with Crippen molar-refractivity contribution in [2.75, 3.05) is 52.6 Å². The van der Waals surface area contributed by atoms with Gasteiger partial charge in [-0.25, -0.2) is 0 Å². The van der Waals surface area contributed by atoms with E-state index < -0.39 is 0 Å². The smallest absolute Gasteiger partial charge is 0.0937 e. The fourth-order valence-corrected chi connectivity index (χ4v) is 5.28. The van der Waals surface area contributed by atoms with Gasteiger partial charge in [0.2, 0.25) is 0 Å². The maximum absolute atomic E-state index is 5.66. The average Bonchev–Trinajstić information content (AvgIpc) is 3.43. The van der Waals surface area contributed by atoms with E-state index in [1.165, 1.54) is 25.7 Å². The topological polar surface area (TPSA) is 56.6 Å². The summed E-state index contributed by atoms with van der Waals surface area (Å²) in [5.41, 5.74) is 0.264. The molecule has 4 saturated heterocycles. The van der Waals surface area contributed by atoms with Crippen molar-refractivity contribution >= 4 is 0 Å². The predicted octanol–water partition coefficient (Wildman–Crippen LogP) is 1.48. The van der Waals surface area contributed by atoms with E-state index in [2.05, 4.69) is 23.6 Å². The highest BCUT2D eigenvalue weighted by atomic mass is 16.6. The molecule has 148 valence electrons. The third-order valence-corrected chi connectivity index (χ3v) is 7.01. The first-order chi connectivity index (χ1) is 12.6. The lowest BCUT2D eigenvalue weighted by atomic mass is 9.66. The number of rotatable bonds is 10. The van der Waals surface area contributed by atoms with Crippen LogP contribution in [-0.2, 0) is 18.9 Å². The lowest BCUT2D eigenvalue weighted by Crippen LogP contribution is -2.71. The Morgan fingerprint density at radius 1 is 0.654 bits per heavy atom. The average molecular weight is 367 g/mol. The van der Waals surface area contributed by atoms with Gasteiger partial charge < -0.3 is 18.9 Å². The second-order valence-electron chi connectivity index (χ2n) is 9.54. The first kappa shape index (κ1) is 17.8. The summed E-state index contributed by atoms with van der Waals surface area (Å²) >= 11 is 0. The highest BCUT2D eigenvalue weighted by Crippen LogP contribution is 2.51. The van der Waals surface area contributed by atoms with Gasteiger partial charge in [-0.2, -0.15) is 0 Å². The van der Waals surface area contributed by atoms with Gasteiger partial charge in [0.15, 0.2) is 0 Å². The molecule has 0 bridgehead atoms. The van der Waals surface area contributed by atoms with Gasteiger partial charge >= 0.3 is 0 Å². The molecule has 0 radical (unpaired) electrons. The molecule has 0 amide bonds. The van der Waals surface area contributed by atoms with Crippen LogP contribution in [0.25, 0.3) is 0 Å². The van der Waals surface area contributed by atoms with Crippen molar-refractivity contribution in [1.29, 1.82) is 0 Å². The molecule has 6 heteroatoms. The zero-order chi connectivity index (χ0) is 17.8. The van der Waals surface area contributed by atoms with Crippen LogP contribution in [0.4, 0.5) is 0 Å². The fourth-order valence-electron chi connectivity index (χ4n) is 5.28. The SMILES string of the molecule is CC1(C)CCCCC1(N(CC1CO1)CC1CO1)N(CC1CO1)CC1CO1. The molecule has 5 fully saturated rings. The van der Waals surface area contributed by atoms with Gasteiger partial charge in [0.1, 0.15) is 0 Å². The summed E-state index contributed by atoms with van der Waals surface area (Å²) in [6.07, 6.45) is 6.73. The Labute approximate surface area is 157 Å². The summed E-state index contributed by atoms with van der Waals surface area (Å²) in [5, 5.41) is 0. The fraction of sp³-hybridized carbons (Fsp3) is 1.00. The quantitative estimate of drug-likeness (QED) is 0.431. The van der Waals surface area contributed by atoms with Crippen LogP contribution in [0.1, 0.15) is 39.5 Å². The van der Waals surface area contributed by atoms with Gasteiger partial charge in [-0.05, 0) is 18.3 Å². The summed E-state index contributed by atoms with van der Waals surface area (Å²) < 4.78 is 22.6. The molecular weight excluding hydrogens is 332 g/mol. The second kappa shape index (κ2) is 6.68. The van der Waals surface area contributed by atoms with Gasteiger partial charge in [0.05, 0.1) is 56.5 Å². The maximum Gasteiger partial charge on any atom is 0.0937 e. The van der Waals surface area contributed by atoms with Gasteiger partial charge in [-0.15, -0.1) is 0 Å². The zero-order valence-corrected chi connectivity index (χ0v) is 16.3. The van der Waals surface area contributed by atoms with Crippen LogP contribution in [0.3, 0.4) is 0 Å². The van der Waals surface area contributed by atoms with Crippen LogP contribution in [0.5, 0.6) is 0 Å². The molecule has 6 nitrogen and oxygen atoms in total. The molecular formula is C20H34N2O4. The molecule has 0 N–H and O–H groups in total. The molecule has 4 atom stereocenters. The van der Waals surface area contributed by atoms with Crippen LogP contribution in [0.15, 0.2) is 0 Å². The van der Waals surface area contributed by atoms with Crippen molar-refractivity contribution in [2.45, 2.75) is 69.6 Å². The van der Waals surface area contributed by atoms with Gasteiger partial charge in [0, 0.05) is 26.2 Å². The van der Waals surface area contributed by atoms with E-state index in [-0.39, 0.29) is 11.1 Å². The molecule has 0 spiro atoms. The van der Waals surface area contributed by atoms with Gasteiger partial charge in [-0.3, -0.25) is 9.80 Å². The third-order valence-electron chi connectivity index (χ3n) is 7.01. The number of hydrogen-bond acceptors (Lipinski definition) is 6. The van der Waals surface area contributed by atoms with Gasteiger partial charge in [0.25, 0.3) is 0 Å². The normalized spacial score (nSPS) is 42.9. The summed E-state index contributed by atoms with van der Waals surface area (Å²) in [6.45, 7) is 12.7. The van der Waals surface area contributed by atoms with Crippen molar-refractivity contribution in [3.63, 3.8) is 0 Å². The van der Waals surface area contributed by atoms with Crippen molar-refractivity contribution in [3.05, 3.63) is 0 Å². The third kappa shape index (κ3) is 3.69. The Morgan fingerprint density at radius 2 is 1.00 bits per heavy atom. The van der Waals surface area contributed by atoms with Crippen LogP contribution in [0.2, 0.25) is 0 Å². The Balaban J connectivity index is 1.48. The Bertz CT molecular complexity index is 452. The highest BCUT2D eigenvalue weighted by Gasteiger charge is 2.57. The van der Waals surface area contributed by atoms with Crippen molar-refractivity contribution in [3.8, 4) is 0 Å². The largest absolute Gasteiger partial charge is 0.372 e. The molecule has 4 unspecified atom stereocenters. The monoisotopic (exact) mass is 366 g/mol. The number of hydrogen-bond donors (Lipinski definition) is 0. The molecule has 5 rings (SSSR count). The zero-order valence-electron chi connectivity index (χ0n) is 16.3. The van der Waals surface area contributed by atoms with Gasteiger partial charge in [-0.1, -0.05) is 26.7 Å². The van der Waals surface area contributed by atoms with E-state index in [0.29, 0.717) is 24.4 Å². The molecule has 4 heterocycles. The van der Waals surface area contributed by atoms with E-state index >= 15 is 0 Å². The van der Waals surface area contributed by atoms with E-state index in [9.17, 15) is 0 Å². The van der Waals surface area contributed by atoms with Crippen molar-refractivity contribution in [1.82, 2.24) is 9.80 Å².